The third-order valence-electron chi connectivity index (χ3n) is 2.94. The summed E-state index contributed by atoms with van der Waals surface area (Å²) < 4.78 is 0. The monoisotopic (exact) mass is 256 g/mol. The van der Waals surface area contributed by atoms with Gasteiger partial charge in [-0.2, -0.15) is 0 Å². The standard InChI is InChI=1S/C14H16N4O/c1-8-3-4-11(5-9(8)2)18-14-12(13(16)19)6-10(15)7-17-14/h3-7H,15H2,1-2H3,(H2,16,19)(H,17,18). The fourth-order valence-electron chi connectivity index (χ4n) is 1.72. The molecule has 0 radical (unpaired) electrons. The molecule has 0 spiro atoms. The molecule has 0 saturated carbocycles. The smallest absolute Gasteiger partial charge is 0.252 e. The molecule has 5 N–H and O–H groups in total. The van der Waals surface area contributed by atoms with E-state index in [9.17, 15) is 4.79 Å². The zero-order chi connectivity index (χ0) is 14.0. The molecule has 0 atom stereocenters. The summed E-state index contributed by atoms with van der Waals surface area (Å²) in [5.74, 6) is -0.156. The number of benzene rings is 1. The molecule has 2 aromatic rings. The lowest BCUT2D eigenvalue weighted by Crippen LogP contribution is -2.14. The molecule has 0 aliphatic heterocycles. The van der Waals surface area contributed by atoms with Crippen LogP contribution in [0.3, 0.4) is 0 Å². The SMILES string of the molecule is Cc1ccc(Nc2ncc(N)cc2C(N)=O)cc1C. The second kappa shape index (κ2) is 4.97. The third kappa shape index (κ3) is 2.82. The Morgan fingerprint density at radius 2 is 1.95 bits per heavy atom. The first-order chi connectivity index (χ1) is 8.97. The molecule has 19 heavy (non-hydrogen) atoms. The first-order valence-corrected chi connectivity index (χ1v) is 5.87. The van der Waals surface area contributed by atoms with Crippen molar-refractivity contribution in [2.24, 2.45) is 5.73 Å². The number of pyridine rings is 1. The number of rotatable bonds is 3. The molecule has 0 aliphatic rings. The Hall–Kier alpha value is -2.56. The predicted octanol–water partition coefficient (Wildman–Crippen LogP) is 2.12. The summed E-state index contributed by atoms with van der Waals surface area (Å²) in [5, 5.41) is 3.08. The number of carbonyl (C=O) groups excluding carboxylic acids is 1. The highest BCUT2D eigenvalue weighted by atomic mass is 16.1. The molecule has 1 aromatic heterocycles. The average Bonchev–Trinajstić information content (AvgIpc) is 2.36. The van der Waals surface area contributed by atoms with Gasteiger partial charge in [0.2, 0.25) is 0 Å². The van der Waals surface area contributed by atoms with Gasteiger partial charge in [0.1, 0.15) is 5.82 Å². The molecule has 98 valence electrons. The number of nitrogen functional groups attached to an aromatic ring is 1. The topological polar surface area (TPSA) is 94.0 Å². The van der Waals surface area contributed by atoms with Crippen molar-refractivity contribution < 1.29 is 4.79 Å². The minimum atomic E-state index is -0.564. The van der Waals surface area contributed by atoms with Gasteiger partial charge in [-0.3, -0.25) is 4.79 Å². The van der Waals surface area contributed by atoms with Crippen LogP contribution in [0.4, 0.5) is 17.2 Å². The van der Waals surface area contributed by atoms with Crippen LogP contribution in [0, 0.1) is 13.8 Å². The van der Waals surface area contributed by atoms with Crippen LogP contribution in [0.15, 0.2) is 30.5 Å². The van der Waals surface area contributed by atoms with Gasteiger partial charge in [0.15, 0.2) is 0 Å². The van der Waals surface area contributed by atoms with E-state index in [0.717, 1.165) is 11.3 Å². The van der Waals surface area contributed by atoms with Crippen LogP contribution in [-0.4, -0.2) is 10.9 Å². The van der Waals surface area contributed by atoms with Crippen molar-refractivity contribution >= 4 is 23.1 Å². The highest BCUT2D eigenvalue weighted by molar-refractivity contribution is 5.99. The third-order valence-corrected chi connectivity index (χ3v) is 2.94. The van der Waals surface area contributed by atoms with E-state index in [0.29, 0.717) is 11.5 Å². The molecular weight excluding hydrogens is 240 g/mol. The maximum atomic E-state index is 11.4. The van der Waals surface area contributed by atoms with Crippen molar-refractivity contribution in [2.45, 2.75) is 13.8 Å². The van der Waals surface area contributed by atoms with Crippen molar-refractivity contribution in [3.8, 4) is 0 Å². The Labute approximate surface area is 111 Å². The van der Waals surface area contributed by atoms with E-state index < -0.39 is 5.91 Å². The summed E-state index contributed by atoms with van der Waals surface area (Å²) in [7, 11) is 0. The Morgan fingerprint density at radius 3 is 2.58 bits per heavy atom. The molecule has 0 bridgehead atoms. The van der Waals surface area contributed by atoms with Crippen LogP contribution in [0.25, 0.3) is 0 Å². The fourth-order valence-corrected chi connectivity index (χ4v) is 1.72. The number of aryl methyl sites for hydroxylation is 2. The van der Waals surface area contributed by atoms with E-state index in [1.165, 1.54) is 17.8 Å². The number of hydrogen-bond donors (Lipinski definition) is 3. The zero-order valence-electron chi connectivity index (χ0n) is 10.9. The lowest BCUT2D eigenvalue weighted by atomic mass is 10.1. The van der Waals surface area contributed by atoms with Crippen LogP contribution in [0.5, 0.6) is 0 Å². The minimum Gasteiger partial charge on any atom is -0.397 e. The molecule has 1 aromatic carbocycles. The first kappa shape index (κ1) is 12.9. The van der Waals surface area contributed by atoms with Crippen molar-refractivity contribution in [3.63, 3.8) is 0 Å². The van der Waals surface area contributed by atoms with Crippen LogP contribution in [-0.2, 0) is 0 Å². The summed E-state index contributed by atoms with van der Waals surface area (Å²) in [6.45, 7) is 4.06. The van der Waals surface area contributed by atoms with Gasteiger partial charge in [-0.1, -0.05) is 6.07 Å². The largest absolute Gasteiger partial charge is 0.397 e. The normalized spacial score (nSPS) is 10.2. The summed E-state index contributed by atoms with van der Waals surface area (Å²) in [5.41, 5.74) is 14.8. The Bertz CT molecular complexity index is 637. The molecule has 5 heteroatoms. The lowest BCUT2D eigenvalue weighted by molar-refractivity contribution is 0.100. The molecule has 0 unspecified atom stereocenters. The number of nitrogens with two attached hydrogens (primary N) is 2. The van der Waals surface area contributed by atoms with E-state index in [1.54, 1.807) is 0 Å². The van der Waals surface area contributed by atoms with Crippen molar-refractivity contribution in [1.82, 2.24) is 4.98 Å². The molecule has 0 fully saturated rings. The van der Waals surface area contributed by atoms with Gasteiger partial charge < -0.3 is 16.8 Å². The minimum absolute atomic E-state index is 0.276. The average molecular weight is 256 g/mol. The van der Waals surface area contributed by atoms with Crippen LogP contribution in [0.1, 0.15) is 21.5 Å². The molecule has 2 rings (SSSR count). The number of carbonyl (C=O) groups is 1. The second-order valence-electron chi connectivity index (χ2n) is 4.45. The molecule has 0 saturated heterocycles. The molecular formula is C14H16N4O. The van der Waals surface area contributed by atoms with Gasteiger partial charge in [0.25, 0.3) is 5.91 Å². The number of nitrogens with one attached hydrogen (secondary N) is 1. The second-order valence-corrected chi connectivity index (χ2v) is 4.45. The van der Waals surface area contributed by atoms with E-state index in [4.69, 9.17) is 11.5 Å². The molecule has 5 nitrogen and oxygen atoms in total. The van der Waals surface area contributed by atoms with Gasteiger partial charge in [-0.05, 0) is 43.2 Å². The molecule has 1 amide bonds. The number of amides is 1. The number of hydrogen-bond acceptors (Lipinski definition) is 4. The Balaban J connectivity index is 2.37. The molecule has 0 aliphatic carbocycles. The Kier molecular flexibility index (Phi) is 3.37. The molecule has 1 heterocycles. The van der Waals surface area contributed by atoms with Crippen LogP contribution < -0.4 is 16.8 Å². The van der Waals surface area contributed by atoms with E-state index in [1.807, 2.05) is 32.0 Å². The van der Waals surface area contributed by atoms with Gasteiger partial charge in [0.05, 0.1) is 17.4 Å². The van der Waals surface area contributed by atoms with Gasteiger partial charge >= 0.3 is 0 Å². The van der Waals surface area contributed by atoms with Crippen molar-refractivity contribution in [3.05, 3.63) is 47.2 Å². The van der Waals surface area contributed by atoms with Crippen molar-refractivity contribution in [2.75, 3.05) is 11.1 Å². The maximum absolute atomic E-state index is 11.4. The first-order valence-electron chi connectivity index (χ1n) is 5.87. The van der Waals surface area contributed by atoms with Crippen molar-refractivity contribution in [1.29, 1.82) is 0 Å². The lowest BCUT2D eigenvalue weighted by Gasteiger charge is -2.11. The van der Waals surface area contributed by atoms with Gasteiger partial charge in [-0.25, -0.2) is 4.98 Å². The van der Waals surface area contributed by atoms with E-state index in [-0.39, 0.29) is 5.56 Å². The quantitative estimate of drug-likeness (QED) is 0.784. The van der Waals surface area contributed by atoms with E-state index >= 15 is 0 Å². The highest BCUT2D eigenvalue weighted by Gasteiger charge is 2.10. The number of aromatic nitrogens is 1. The summed E-state index contributed by atoms with van der Waals surface area (Å²) >= 11 is 0. The van der Waals surface area contributed by atoms with E-state index in [2.05, 4.69) is 10.3 Å². The summed E-state index contributed by atoms with van der Waals surface area (Å²) in [6.07, 6.45) is 1.48. The fraction of sp³-hybridized carbons (Fsp3) is 0.143. The van der Waals surface area contributed by atoms with Crippen LogP contribution in [0.2, 0.25) is 0 Å². The number of primary amides is 1. The number of nitrogens with zero attached hydrogens (tertiary/aromatic N) is 1. The number of anilines is 3. The predicted molar refractivity (Wildman–Crippen MR) is 76.4 cm³/mol. The van der Waals surface area contributed by atoms with Gasteiger partial charge in [0, 0.05) is 5.69 Å². The van der Waals surface area contributed by atoms with Gasteiger partial charge in [-0.15, -0.1) is 0 Å². The highest BCUT2D eigenvalue weighted by Crippen LogP contribution is 2.22. The van der Waals surface area contributed by atoms with Crippen LogP contribution >= 0.6 is 0 Å². The Morgan fingerprint density at radius 1 is 1.21 bits per heavy atom. The maximum Gasteiger partial charge on any atom is 0.252 e. The summed E-state index contributed by atoms with van der Waals surface area (Å²) in [6, 6.07) is 7.42. The zero-order valence-corrected chi connectivity index (χ0v) is 10.9. The summed E-state index contributed by atoms with van der Waals surface area (Å²) in [4.78, 5) is 15.5.